The number of rotatable bonds is 3. The number of halogens is 3. The molecule has 0 saturated heterocycles. The summed E-state index contributed by atoms with van der Waals surface area (Å²) in [7, 11) is 1.36. The van der Waals surface area contributed by atoms with Crippen LogP contribution in [0.25, 0.3) is 0 Å². The van der Waals surface area contributed by atoms with E-state index in [1.165, 1.54) is 26.2 Å². The SMILES string of the molecule is COc1ccc(OC(F)(F)F)c(NC(C)=O)c1. The lowest BCUT2D eigenvalue weighted by molar-refractivity contribution is -0.274. The summed E-state index contributed by atoms with van der Waals surface area (Å²) in [5, 5.41) is 2.23. The first-order valence-electron chi connectivity index (χ1n) is 4.53. The molecule has 7 heteroatoms. The molecule has 0 saturated carbocycles. The summed E-state index contributed by atoms with van der Waals surface area (Å²) in [4.78, 5) is 10.8. The largest absolute Gasteiger partial charge is 0.573 e. The van der Waals surface area contributed by atoms with E-state index >= 15 is 0 Å². The standard InChI is InChI=1S/C10H10F3NO3/c1-6(15)14-8-5-7(16-2)3-4-9(8)17-10(11,12)13/h3-5H,1-2H3,(H,14,15). The fraction of sp³-hybridized carbons (Fsp3) is 0.300. The number of nitrogens with one attached hydrogen (secondary N) is 1. The molecule has 1 aromatic rings. The van der Waals surface area contributed by atoms with Gasteiger partial charge in [0.1, 0.15) is 5.75 Å². The number of hydrogen-bond donors (Lipinski definition) is 1. The molecule has 17 heavy (non-hydrogen) atoms. The quantitative estimate of drug-likeness (QED) is 0.895. The summed E-state index contributed by atoms with van der Waals surface area (Å²) >= 11 is 0. The first kappa shape index (κ1) is 13.1. The summed E-state index contributed by atoms with van der Waals surface area (Å²) in [5.74, 6) is -0.693. The number of ether oxygens (including phenoxy) is 2. The van der Waals surface area contributed by atoms with E-state index in [0.717, 1.165) is 6.07 Å². The minimum Gasteiger partial charge on any atom is -0.497 e. The van der Waals surface area contributed by atoms with Crippen LogP contribution in [0.2, 0.25) is 0 Å². The summed E-state index contributed by atoms with van der Waals surface area (Å²) in [5.41, 5.74) is -0.103. The van der Waals surface area contributed by atoms with Gasteiger partial charge in [0, 0.05) is 13.0 Å². The zero-order valence-corrected chi connectivity index (χ0v) is 9.09. The van der Waals surface area contributed by atoms with Gasteiger partial charge in [0.25, 0.3) is 0 Å². The van der Waals surface area contributed by atoms with Crippen molar-refractivity contribution in [1.82, 2.24) is 0 Å². The highest BCUT2D eigenvalue weighted by atomic mass is 19.4. The fourth-order valence-electron chi connectivity index (χ4n) is 1.14. The van der Waals surface area contributed by atoms with Crippen LogP contribution in [0, 0.1) is 0 Å². The number of carbonyl (C=O) groups excluding carboxylic acids is 1. The Hall–Kier alpha value is -1.92. The highest BCUT2D eigenvalue weighted by Gasteiger charge is 2.32. The summed E-state index contributed by atoms with van der Waals surface area (Å²) in [6.45, 7) is 1.18. The molecule has 1 aromatic carbocycles. The molecule has 1 N–H and O–H groups in total. The van der Waals surface area contributed by atoms with Gasteiger partial charge in [0.15, 0.2) is 5.75 Å². The Morgan fingerprint density at radius 1 is 1.35 bits per heavy atom. The number of benzene rings is 1. The average Bonchev–Trinajstić information content (AvgIpc) is 2.17. The number of amides is 1. The zero-order valence-electron chi connectivity index (χ0n) is 9.09. The Kier molecular flexibility index (Phi) is 3.82. The summed E-state index contributed by atoms with van der Waals surface area (Å²) in [6.07, 6.45) is -4.82. The Labute approximate surface area is 95.3 Å². The predicted molar refractivity (Wildman–Crippen MR) is 54.0 cm³/mol. The van der Waals surface area contributed by atoms with Gasteiger partial charge in [0.2, 0.25) is 5.91 Å². The van der Waals surface area contributed by atoms with Crippen LogP contribution >= 0.6 is 0 Å². The highest BCUT2D eigenvalue weighted by Crippen LogP contribution is 2.33. The van der Waals surface area contributed by atoms with E-state index in [4.69, 9.17) is 4.74 Å². The molecule has 0 aliphatic carbocycles. The average molecular weight is 249 g/mol. The minimum absolute atomic E-state index is 0.103. The molecule has 0 atom stereocenters. The summed E-state index contributed by atoms with van der Waals surface area (Å²) in [6, 6.07) is 3.60. The van der Waals surface area contributed by atoms with Crippen LogP contribution in [0.4, 0.5) is 18.9 Å². The van der Waals surface area contributed by atoms with E-state index < -0.39 is 18.0 Å². The van der Waals surface area contributed by atoms with Crippen LogP contribution < -0.4 is 14.8 Å². The van der Waals surface area contributed by atoms with Crippen molar-refractivity contribution in [2.45, 2.75) is 13.3 Å². The van der Waals surface area contributed by atoms with Gasteiger partial charge in [0.05, 0.1) is 12.8 Å². The van der Waals surface area contributed by atoms with Crippen molar-refractivity contribution in [3.05, 3.63) is 18.2 Å². The number of methoxy groups -OCH3 is 1. The normalized spacial score (nSPS) is 10.9. The Morgan fingerprint density at radius 2 is 2.00 bits per heavy atom. The molecule has 0 aliphatic heterocycles. The van der Waals surface area contributed by atoms with E-state index in [1.807, 2.05) is 0 Å². The second-order valence-electron chi connectivity index (χ2n) is 3.09. The summed E-state index contributed by atoms with van der Waals surface area (Å²) < 4.78 is 44.8. The van der Waals surface area contributed by atoms with E-state index in [0.29, 0.717) is 5.75 Å². The van der Waals surface area contributed by atoms with Crippen LogP contribution in [0.3, 0.4) is 0 Å². The van der Waals surface area contributed by atoms with Gasteiger partial charge in [-0.2, -0.15) is 0 Å². The van der Waals surface area contributed by atoms with Gasteiger partial charge in [-0.1, -0.05) is 0 Å². The first-order valence-corrected chi connectivity index (χ1v) is 4.53. The second-order valence-corrected chi connectivity index (χ2v) is 3.09. The molecular weight excluding hydrogens is 239 g/mol. The van der Waals surface area contributed by atoms with Crippen LogP contribution in [0.15, 0.2) is 18.2 Å². The van der Waals surface area contributed by atoms with Crippen molar-refractivity contribution < 1.29 is 27.4 Å². The molecule has 1 amide bonds. The molecule has 0 bridgehead atoms. The van der Waals surface area contributed by atoms with Gasteiger partial charge in [-0.25, -0.2) is 0 Å². The van der Waals surface area contributed by atoms with Crippen molar-refractivity contribution in [3.8, 4) is 11.5 Å². The molecule has 0 aromatic heterocycles. The Bertz CT molecular complexity index is 418. The second kappa shape index (κ2) is 4.94. The maximum Gasteiger partial charge on any atom is 0.573 e. The Morgan fingerprint density at radius 3 is 2.47 bits per heavy atom. The van der Waals surface area contributed by atoms with Crippen LogP contribution in [-0.4, -0.2) is 19.4 Å². The lowest BCUT2D eigenvalue weighted by Gasteiger charge is -2.14. The van der Waals surface area contributed by atoms with E-state index in [-0.39, 0.29) is 5.69 Å². The van der Waals surface area contributed by atoms with Crippen LogP contribution in [-0.2, 0) is 4.79 Å². The minimum atomic E-state index is -4.82. The number of anilines is 1. The van der Waals surface area contributed by atoms with Crippen LogP contribution in [0.1, 0.15) is 6.92 Å². The topological polar surface area (TPSA) is 47.6 Å². The molecule has 0 fully saturated rings. The lowest BCUT2D eigenvalue weighted by atomic mass is 10.2. The van der Waals surface area contributed by atoms with Crippen LogP contribution in [0.5, 0.6) is 11.5 Å². The smallest absolute Gasteiger partial charge is 0.497 e. The monoisotopic (exact) mass is 249 g/mol. The highest BCUT2D eigenvalue weighted by molar-refractivity contribution is 5.90. The third-order valence-corrected chi connectivity index (χ3v) is 1.72. The third-order valence-electron chi connectivity index (χ3n) is 1.72. The first-order chi connectivity index (χ1) is 7.81. The molecule has 94 valence electrons. The van der Waals surface area contributed by atoms with Crippen molar-refractivity contribution in [3.63, 3.8) is 0 Å². The Balaban J connectivity index is 3.06. The van der Waals surface area contributed by atoms with Gasteiger partial charge in [-0.3, -0.25) is 4.79 Å². The van der Waals surface area contributed by atoms with E-state index in [1.54, 1.807) is 0 Å². The van der Waals surface area contributed by atoms with Crippen molar-refractivity contribution in [2.24, 2.45) is 0 Å². The van der Waals surface area contributed by atoms with E-state index in [2.05, 4.69) is 10.1 Å². The number of hydrogen-bond acceptors (Lipinski definition) is 3. The molecule has 4 nitrogen and oxygen atoms in total. The van der Waals surface area contributed by atoms with Crippen molar-refractivity contribution >= 4 is 11.6 Å². The molecule has 0 unspecified atom stereocenters. The zero-order chi connectivity index (χ0) is 13.1. The third kappa shape index (κ3) is 4.21. The number of carbonyl (C=O) groups is 1. The molecule has 1 rings (SSSR count). The molecule has 0 aliphatic rings. The van der Waals surface area contributed by atoms with Crippen molar-refractivity contribution in [1.29, 1.82) is 0 Å². The van der Waals surface area contributed by atoms with Gasteiger partial charge < -0.3 is 14.8 Å². The molecule has 0 heterocycles. The predicted octanol–water partition coefficient (Wildman–Crippen LogP) is 2.55. The van der Waals surface area contributed by atoms with Crippen molar-refractivity contribution in [2.75, 3.05) is 12.4 Å². The molecular formula is C10H10F3NO3. The maximum absolute atomic E-state index is 12.1. The fourth-order valence-corrected chi connectivity index (χ4v) is 1.14. The molecule has 0 spiro atoms. The maximum atomic E-state index is 12.1. The van der Waals surface area contributed by atoms with Gasteiger partial charge in [-0.05, 0) is 12.1 Å². The van der Waals surface area contributed by atoms with Gasteiger partial charge >= 0.3 is 6.36 Å². The lowest BCUT2D eigenvalue weighted by Crippen LogP contribution is -2.19. The number of alkyl halides is 3. The molecule has 0 radical (unpaired) electrons. The van der Waals surface area contributed by atoms with E-state index in [9.17, 15) is 18.0 Å². The van der Waals surface area contributed by atoms with Gasteiger partial charge in [-0.15, -0.1) is 13.2 Å².